The Kier molecular flexibility index (Phi) is 4.55. The molecule has 3 rings (SSSR count). The fourth-order valence-electron chi connectivity index (χ4n) is 3.35. The first kappa shape index (κ1) is 17.2. The van der Waals surface area contributed by atoms with Crippen molar-refractivity contribution in [1.29, 1.82) is 0 Å². The van der Waals surface area contributed by atoms with Crippen LogP contribution in [0.15, 0.2) is 6.20 Å². The predicted octanol–water partition coefficient (Wildman–Crippen LogP) is 2.60. The zero-order chi connectivity index (χ0) is 17.4. The first-order valence-corrected chi connectivity index (χ1v) is 9.33. The fraction of sp³-hybridized carbons (Fsp3) is 0.706. The van der Waals surface area contributed by atoms with Gasteiger partial charge in [-0.15, -0.1) is 0 Å². The maximum Gasteiger partial charge on any atom is 0.350 e. The van der Waals surface area contributed by atoms with Crippen LogP contribution >= 0.6 is 11.3 Å². The SMILES string of the molecule is CC(C)(C)OC(=O)c1cnc(N2CCC3(CCCCNC3=O)C2)s1. The van der Waals surface area contributed by atoms with E-state index in [1.165, 1.54) is 11.3 Å². The van der Waals surface area contributed by atoms with Gasteiger partial charge in [-0.1, -0.05) is 17.8 Å². The van der Waals surface area contributed by atoms with Gasteiger partial charge in [-0.25, -0.2) is 9.78 Å². The molecule has 2 saturated heterocycles. The van der Waals surface area contributed by atoms with Crippen molar-refractivity contribution in [3.8, 4) is 0 Å². The summed E-state index contributed by atoms with van der Waals surface area (Å²) in [6.45, 7) is 7.81. The van der Waals surface area contributed by atoms with Gasteiger partial charge in [0, 0.05) is 19.6 Å². The highest BCUT2D eigenvalue weighted by Gasteiger charge is 2.45. The van der Waals surface area contributed by atoms with Crippen LogP contribution in [0.4, 0.5) is 5.13 Å². The van der Waals surface area contributed by atoms with Crippen molar-refractivity contribution >= 4 is 28.3 Å². The average molecular weight is 351 g/mol. The van der Waals surface area contributed by atoms with Crippen LogP contribution in [0, 0.1) is 5.41 Å². The number of ether oxygens (including phenoxy) is 1. The topological polar surface area (TPSA) is 71.5 Å². The number of esters is 1. The lowest BCUT2D eigenvalue weighted by atomic mass is 9.82. The summed E-state index contributed by atoms with van der Waals surface area (Å²) in [4.78, 5) is 31.6. The van der Waals surface area contributed by atoms with Gasteiger partial charge in [0.05, 0.1) is 11.6 Å². The summed E-state index contributed by atoms with van der Waals surface area (Å²) in [5, 5.41) is 3.84. The minimum atomic E-state index is -0.516. The maximum absolute atomic E-state index is 12.5. The van der Waals surface area contributed by atoms with Crippen LogP contribution < -0.4 is 10.2 Å². The van der Waals surface area contributed by atoms with Crippen LogP contribution in [0.1, 0.15) is 56.1 Å². The lowest BCUT2D eigenvalue weighted by Gasteiger charge is -2.25. The fourth-order valence-corrected chi connectivity index (χ4v) is 4.17. The molecule has 1 amide bonds. The molecule has 6 nitrogen and oxygen atoms in total. The number of rotatable bonds is 2. The van der Waals surface area contributed by atoms with Gasteiger partial charge >= 0.3 is 5.97 Å². The van der Waals surface area contributed by atoms with Crippen molar-refractivity contribution in [3.63, 3.8) is 0 Å². The number of carbonyl (C=O) groups is 2. The number of hydrogen-bond acceptors (Lipinski definition) is 6. The van der Waals surface area contributed by atoms with Gasteiger partial charge in [-0.05, 0) is 40.0 Å². The number of anilines is 1. The van der Waals surface area contributed by atoms with E-state index in [1.54, 1.807) is 6.20 Å². The van der Waals surface area contributed by atoms with E-state index in [2.05, 4.69) is 15.2 Å². The van der Waals surface area contributed by atoms with Crippen molar-refractivity contribution in [2.24, 2.45) is 5.41 Å². The Labute approximate surface area is 146 Å². The molecule has 7 heteroatoms. The van der Waals surface area contributed by atoms with E-state index in [0.717, 1.165) is 43.9 Å². The van der Waals surface area contributed by atoms with Gasteiger partial charge in [0.2, 0.25) is 5.91 Å². The van der Waals surface area contributed by atoms with Gasteiger partial charge in [0.25, 0.3) is 0 Å². The molecule has 1 atom stereocenters. The Morgan fingerprint density at radius 2 is 2.17 bits per heavy atom. The molecule has 1 aromatic rings. The Hall–Kier alpha value is -1.63. The summed E-state index contributed by atoms with van der Waals surface area (Å²) >= 11 is 1.34. The van der Waals surface area contributed by atoms with Crippen molar-refractivity contribution in [2.75, 3.05) is 24.5 Å². The van der Waals surface area contributed by atoms with Crippen molar-refractivity contribution in [2.45, 2.75) is 52.1 Å². The van der Waals surface area contributed by atoms with Gasteiger partial charge in [-0.3, -0.25) is 4.79 Å². The minimum absolute atomic E-state index is 0.173. The number of aromatic nitrogens is 1. The monoisotopic (exact) mass is 351 g/mol. The first-order valence-electron chi connectivity index (χ1n) is 8.52. The summed E-state index contributed by atoms with van der Waals surface area (Å²) in [7, 11) is 0. The lowest BCUT2D eigenvalue weighted by molar-refractivity contribution is -0.129. The molecule has 2 aliphatic heterocycles. The molecule has 1 spiro atoms. The third-order valence-corrected chi connectivity index (χ3v) is 5.61. The van der Waals surface area contributed by atoms with E-state index >= 15 is 0 Å². The van der Waals surface area contributed by atoms with E-state index < -0.39 is 5.60 Å². The first-order chi connectivity index (χ1) is 11.3. The highest BCUT2D eigenvalue weighted by molar-refractivity contribution is 7.17. The molecule has 3 heterocycles. The smallest absolute Gasteiger partial charge is 0.350 e. The number of nitrogens with one attached hydrogen (secondary N) is 1. The van der Waals surface area contributed by atoms with Crippen molar-refractivity contribution < 1.29 is 14.3 Å². The summed E-state index contributed by atoms with van der Waals surface area (Å²) in [6.07, 6.45) is 5.48. The Bertz CT molecular complexity index is 637. The molecule has 1 unspecified atom stereocenters. The molecular formula is C17H25N3O3S. The lowest BCUT2D eigenvalue weighted by Crippen LogP contribution is -2.41. The molecule has 0 bridgehead atoms. The molecule has 1 aromatic heterocycles. The predicted molar refractivity (Wildman–Crippen MR) is 93.4 cm³/mol. The molecule has 132 valence electrons. The van der Waals surface area contributed by atoms with Crippen molar-refractivity contribution in [1.82, 2.24) is 10.3 Å². The standard InChI is InChI=1S/C17H25N3O3S/c1-16(2,3)23-13(21)12-10-19-15(24-12)20-9-7-17(11-20)6-4-5-8-18-14(17)22/h10H,4-9,11H2,1-3H3,(H,18,22). The normalized spacial score (nSPS) is 24.8. The molecule has 24 heavy (non-hydrogen) atoms. The quantitative estimate of drug-likeness (QED) is 0.829. The van der Waals surface area contributed by atoms with Gasteiger partial charge in [-0.2, -0.15) is 0 Å². The molecule has 2 aliphatic rings. The van der Waals surface area contributed by atoms with E-state index in [1.807, 2.05) is 20.8 Å². The third-order valence-electron chi connectivity index (χ3n) is 4.57. The van der Waals surface area contributed by atoms with E-state index in [4.69, 9.17) is 4.74 Å². The highest BCUT2D eigenvalue weighted by atomic mass is 32.1. The average Bonchev–Trinajstić information content (AvgIpc) is 3.08. The zero-order valence-electron chi connectivity index (χ0n) is 14.6. The third kappa shape index (κ3) is 3.55. The molecule has 0 aromatic carbocycles. The number of thiazole rings is 1. The van der Waals surface area contributed by atoms with E-state index in [-0.39, 0.29) is 17.3 Å². The zero-order valence-corrected chi connectivity index (χ0v) is 15.4. The van der Waals surface area contributed by atoms with Crippen LogP contribution in [0.2, 0.25) is 0 Å². The minimum Gasteiger partial charge on any atom is -0.456 e. The van der Waals surface area contributed by atoms with Crippen LogP contribution in [0.5, 0.6) is 0 Å². The summed E-state index contributed by atoms with van der Waals surface area (Å²) < 4.78 is 5.39. The van der Waals surface area contributed by atoms with Crippen LogP contribution in [-0.4, -0.2) is 42.1 Å². The van der Waals surface area contributed by atoms with E-state index in [0.29, 0.717) is 11.4 Å². The van der Waals surface area contributed by atoms with Crippen LogP contribution in [-0.2, 0) is 9.53 Å². The van der Waals surface area contributed by atoms with Gasteiger partial charge < -0.3 is 15.0 Å². The van der Waals surface area contributed by atoms with Crippen molar-refractivity contribution in [3.05, 3.63) is 11.1 Å². The van der Waals surface area contributed by atoms with Gasteiger partial charge in [0.15, 0.2) is 5.13 Å². The largest absolute Gasteiger partial charge is 0.456 e. The van der Waals surface area contributed by atoms with Gasteiger partial charge in [0.1, 0.15) is 10.5 Å². The summed E-state index contributed by atoms with van der Waals surface area (Å²) in [6, 6.07) is 0. The second-order valence-corrected chi connectivity index (χ2v) is 8.68. The Balaban J connectivity index is 1.70. The summed E-state index contributed by atoms with van der Waals surface area (Å²) in [5.41, 5.74) is -0.814. The molecule has 2 fully saturated rings. The number of carbonyl (C=O) groups excluding carboxylic acids is 2. The Morgan fingerprint density at radius 3 is 2.92 bits per heavy atom. The maximum atomic E-state index is 12.5. The summed E-state index contributed by atoms with van der Waals surface area (Å²) in [5.74, 6) is -0.168. The molecule has 1 N–H and O–H groups in total. The molecular weight excluding hydrogens is 326 g/mol. The number of amides is 1. The molecule has 0 saturated carbocycles. The second-order valence-electron chi connectivity index (χ2n) is 7.67. The second kappa shape index (κ2) is 6.35. The molecule has 0 radical (unpaired) electrons. The van der Waals surface area contributed by atoms with Crippen LogP contribution in [0.3, 0.4) is 0 Å². The Morgan fingerprint density at radius 1 is 1.38 bits per heavy atom. The molecule has 0 aliphatic carbocycles. The number of nitrogens with zero attached hydrogens (tertiary/aromatic N) is 2. The van der Waals surface area contributed by atoms with E-state index in [9.17, 15) is 9.59 Å². The highest BCUT2D eigenvalue weighted by Crippen LogP contribution is 2.40. The number of hydrogen-bond donors (Lipinski definition) is 1. The van der Waals surface area contributed by atoms with Crippen LogP contribution in [0.25, 0.3) is 0 Å².